The minimum Gasteiger partial charge on any atom is -0.507 e. The number of thiophene rings is 1. The standard InChI is InChI=1S/C14H9ClN2O4S/c15-9-1-2-10(11(18)5-9)14(20)21-7-12(19)17-13-8(6-16)3-4-22-13/h1-5,18H,7H2,(H,17,19). The van der Waals surface area contributed by atoms with Crippen molar-refractivity contribution in [3.8, 4) is 11.8 Å². The highest BCUT2D eigenvalue weighted by Gasteiger charge is 2.15. The van der Waals surface area contributed by atoms with E-state index in [2.05, 4.69) is 5.32 Å². The molecule has 2 N–H and O–H groups in total. The molecule has 1 aromatic heterocycles. The first-order valence-electron chi connectivity index (χ1n) is 5.94. The van der Waals surface area contributed by atoms with Crippen molar-refractivity contribution in [3.63, 3.8) is 0 Å². The molecular weight excluding hydrogens is 328 g/mol. The van der Waals surface area contributed by atoms with Crippen molar-refractivity contribution in [3.05, 3.63) is 45.8 Å². The molecule has 0 aliphatic heterocycles. The zero-order valence-electron chi connectivity index (χ0n) is 11.0. The molecule has 0 aliphatic rings. The predicted molar refractivity (Wildman–Crippen MR) is 81.1 cm³/mol. The Morgan fingerprint density at radius 2 is 2.18 bits per heavy atom. The number of carbonyl (C=O) groups excluding carboxylic acids is 2. The minimum absolute atomic E-state index is 0.0916. The number of benzene rings is 1. The summed E-state index contributed by atoms with van der Waals surface area (Å²) < 4.78 is 4.80. The van der Waals surface area contributed by atoms with E-state index in [0.717, 1.165) is 0 Å². The van der Waals surface area contributed by atoms with E-state index in [1.165, 1.54) is 29.5 Å². The van der Waals surface area contributed by atoms with Gasteiger partial charge in [-0.05, 0) is 29.6 Å². The highest BCUT2D eigenvalue weighted by molar-refractivity contribution is 7.14. The van der Waals surface area contributed by atoms with E-state index in [1.54, 1.807) is 11.4 Å². The summed E-state index contributed by atoms with van der Waals surface area (Å²) in [5.41, 5.74) is 0.242. The van der Waals surface area contributed by atoms with Gasteiger partial charge in [-0.15, -0.1) is 11.3 Å². The van der Waals surface area contributed by atoms with Gasteiger partial charge in [0.25, 0.3) is 5.91 Å². The number of phenols is 1. The molecule has 0 unspecified atom stereocenters. The molecule has 1 aromatic carbocycles. The van der Waals surface area contributed by atoms with Gasteiger partial charge in [-0.2, -0.15) is 5.26 Å². The van der Waals surface area contributed by atoms with Crippen molar-refractivity contribution in [2.45, 2.75) is 0 Å². The molecule has 1 amide bonds. The molecule has 0 atom stereocenters. The smallest absolute Gasteiger partial charge is 0.342 e. The Labute approximate surface area is 134 Å². The summed E-state index contributed by atoms with van der Waals surface area (Å²) in [7, 11) is 0. The van der Waals surface area contributed by atoms with E-state index >= 15 is 0 Å². The van der Waals surface area contributed by atoms with Crippen LogP contribution in [0.25, 0.3) is 0 Å². The van der Waals surface area contributed by atoms with Crippen LogP contribution in [0, 0.1) is 11.3 Å². The van der Waals surface area contributed by atoms with E-state index < -0.39 is 18.5 Å². The zero-order chi connectivity index (χ0) is 16.1. The number of anilines is 1. The molecule has 0 saturated carbocycles. The van der Waals surface area contributed by atoms with Gasteiger partial charge in [0.05, 0.1) is 5.56 Å². The molecular formula is C14H9ClN2O4S. The highest BCUT2D eigenvalue weighted by atomic mass is 35.5. The van der Waals surface area contributed by atoms with Crippen molar-refractivity contribution >= 4 is 39.8 Å². The van der Waals surface area contributed by atoms with E-state index in [9.17, 15) is 14.7 Å². The molecule has 2 rings (SSSR count). The number of nitriles is 1. The number of phenolic OH excluding ortho intramolecular Hbond substituents is 1. The summed E-state index contributed by atoms with van der Waals surface area (Å²) in [5.74, 6) is -1.76. The van der Waals surface area contributed by atoms with Crippen LogP contribution in [0.5, 0.6) is 5.75 Å². The second kappa shape index (κ2) is 6.93. The van der Waals surface area contributed by atoms with Crippen molar-refractivity contribution < 1.29 is 19.4 Å². The first-order valence-corrected chi connectivity index (χ1v) is 7.20. The fourth-order valence-corrected chi connectivity index (χ4v) is 2.46. The normalized spacial score (nSPS) is 9.82. The lowest BCUT2D eigenvalue weighted by Crippen LogP contribution is -2.20. The summed E-state index contributed by atoms with van der Waals surface area (Å²) in [6.45, 7) is -0.538. The third-order valence-corrected chi connectivity index (χ3v) is 3.62. The van der Waals surface area contributed by atoms with Crippen molar-refractivity contribution in [1.82, 2.24) is 0 Å². The lowest BCUT2D eigenvalue weighted by atomic mass is 10.2. The van der Waals surface area contributed by atoms with E-state index in [4.69, 9.17) is 21.6 Å². The van der Waals surface area contributed by atoms with Gasteiger partial charge in [0, 0.05) is 5.02 Å². The Morgan fingerprint density at radius 1 is 1.41 bits per heavy atom. The Balaban J connectivity index is 1.94. The van der Waals surface area contributed by atoms with Crippen LogP contribution < -0.4 is 5.32 Å². The van der Waals surface area contributed by atoms with Gasteiger partial charge in [-0.1, -0.05) is 11.6 Å². The number of rotatable bonds is 4. The molecule has 0 fully saturated rings. The van der Waals surface area contributed by atoms with Gasteiger partial charge >= 0.3 is 5.97 Å². The Hall–Kier alpha value is -2.56. The van der Waals surface area contributed by atoms with Crippen molar-refractivity contribution in [1.29, 1.82) is 5.26 Å². The largest absolute Gasteiger partial charge is 0.507 e. The lowest BCUT2D eigenvalue weighted by molar-refractivity contribution is -0.119. The number of nitrogens with one attached hydrogen (secondary N) is 1. The number of nitrogens with zero attached hydrogens (tertiary/aromatic N) is 1. The molecule has 2 aromatic rings. The summed E-state index contributed by atoms with van der Waals surface area (Å²) in [4.78, 5) is 23.4. The zero-order valence-corrected chi connectivity index (χ0v) is 12.6. The Kier molecular flexibility index (Phi) is 4.99. The molecule has 0 radical (unpaired) electrons. The van der Waals surface area contributed by atoms with Crippen LogP contribution in [0.3, 0.4) is 0 Å². The number of amides is 1. The van der Waals surface area contributed by atoms with Crippen LogP contribution in [0.2, 0.25) is 5.02 Å². The second-order valence-electron chi connectivity index (χ2n) is 4.06. The van der Waals surface area contributed by atoms with Crippen LogP contribution in [-0.2, 0) is 9.53 Å². The minimum atomic E-state index is -0.851. The predicted octanol–water partition coefficient (Wildman–Crippen LogP) is 2.77. The molecule has 0 aliphatic carbocycles. The van der Waals surface area contributed by atoms with Crippen LogP contribution >= 0.6 is 22.9 Å². The average molecular weight is 337 g/mol. The summed E-state index contributed by atoms with van der Waals surface area (Å²) in [5, 5.41) is 23.2. The summed E-state index contributed by atoms with van der Waals surface area (Å²) in [6, 6.07) is 7.41. The molecule has 1 heterocycles. The molecule has 0 saturated heterocycles. The fourth-order valence-electron chi connectivity index (χ4n) is 1.54. The third-order valence-electron chi connectivity index (χ3n) is 2.55. The molecule has 22 heavy (non-hydrogen) atoms. The SMILES string of the molecule is N#Cc1ccsc1NC(=O)COC(=O)c1ccc(Cl)cc1O. The van der Waals surface area contributed by atoms with E-state index in [0.29, 0.717) is 10.6 Å². The van der Waals surface area contributed by atoms with Crippen molar-refractivity contribution in [2.75, 3.05) is 11.9 Å². The molecule has 6 nitrogen and oxygen atoms in total. The number of esters is 1. The molecule has 112 valence electrons. The number of carbonyl (C=O) groups is 2. The Morgan fingerprint density at radius 3 is 2.86 bits per heavy atom. The average Bonchev–Trinajstić information content (AvgIpc) is 2.92. The van der Waals surface area contributed by atoms with Gasteiger partial charge in [0.15, 0.2) is 6.61 Å². The van der Waals surface area contributed by atoms with Gasteiger partial charge in [0.2, 0.25) is 0 Å². The number of aromatic hydroxyl groups is 1. The lowest BCUT2D eigenvalue weighted by Gasteiger charge is -2.07. The number of ether oxygens (including phenoxy) is 1. The summed E-state index contributed by atoms with van der Waals surface area (Å²) in [6.07, 6.45) is 0. The van der Waals surface area contributed by atoms with Gasteiger partial charge in [-0.3, -0.25) is 4.79 Å². The van der Waals surface area contributed by atoms with Crippen LogP contribution in [0.1, 0.15) is 15.9 Å². The first-order chi connectivity index (χ1) is 10.5. The van der Waals surface area contributed by atoms with Gasteiger partial charge in [-0.25, -0.2) is 4.79 Å². The van der Waals surface area contributed by atoms with E-state index in [1.807, 2.05) is 6.07 Å². The molecule has 0 bridgehead atoms. The van der Waals surface area contributed by atoms with Crippen molar-refractivity contribution in [2.24, 2.45) is 0 Å². The third kappa shape index (κ3) is 3.75. The number of hydrogen-bond acceptors (Lipinski definition) is 6. The quantitative estimate of drug-likeness (QED) is 0.836. The first kappa shape index (κ1) is 15.8. The Bertz CT molecular complexity index is 766. The van der Waals surface area contributed by atoms with Crippen LogP contribution in [0.4, 0.5) is 5.00 Å². The number of hydrogen-bond donors (Lipinski definition) is 2. The summed E-state index contributed by atoms with van der Waals surface area (Å²) >= 11 is 6.84. The van der Waals surface area contributed by atoms with Crippen LogP contribution in [-0.4, -0.2) is 23.6 Å². The molecule has 0 spiro atoms. The second-order valence-corrected chi connectivity index (χ2v) is 5.41. The maximum atomic E-state index is 11.8. The maximum absolute atomic E-state index is 11.8. The maximum Gasteiger partial charge on any atom is 0.342 e. The highest BCUT2D eigenvalue weighted by Crippen LogP contribution is 2.23. The fraction of sp³-hybridized carbons (Fsp3) is 0.0714. The molecule has 8 heteroatoms. The number of halogens is 1. The van der Waals surface area contributed by atoms with E-state index in [-0.39, 0.29) is 16.3 Å². The van der Waals surface area contributed by atoms with Gasteiger partial charge in [0.1, 0.15) is 22.4 Å². The topological polar surface area (TPSA) is 99.4 Å². The monoisotopic (exact) mass is 336 g/mol. The van der Waals surface area contributed by atoms with Gasteiger partial charge < -0.3 is 15.2 Å². The van der Waals surface area contributed by atoms with Crippen LogP contribution in [0.15, 0.2) is 29.6 Å².